The number of methoxy groups -OCH3 is 1. The van der Waals surface area contributed by atoms with Gasteiger partial charge in [-0.1, -0.05) is 6.07 Å². The van der Waals surface area contributed by atoms with E-state index in [-0.39, 0.29) is 12.5 Å². The molecule has 1 aromatic heterocycles. The summed E-state index contributed by atoms with van der Waals surface area (Å²) in [4.78, 5) is 15.7. The monoisotopic (exact) mass is 315 g/mol. The van der Waals surface area contributed by atoms with Crippen LogP contribution in [0.5, 0.6) is 11.5 Å². The molecular formula is C15H17N5O3. The molecule has 0 saturated heterocycles. The maximum absolute atomic E-state index is 12.7. The van der Waals surface area contributed by atoms with Crippen molar-refractivity contribution in [2.45, 2.75) is 25.3 Å². The second-order valence-electron chi connectivity index (χ2n) is 5.65. The number of carbonyl (C=O) groups excluding carboxylic acids is 1. The Morgan fingerprint density at radius 1 is 1.43 bits per heavy atom. The molecule has 0 radical (unpaired) electrons. The second-order valence-corrected chi connectivity index (χ2v) is 5.65. The zero-order valence-corrected chi connectivity index (χ0v) is 12.8. The lowest BCUT2D eigenvalue weighted by Gasteiger charge is -2.30. The minimum Gasteiger partial charge on any atom is -0.494 e. The molecule has 120 valence electrons. The van der Waals surface area contributed by atoms with Gasteiger partial charge in [-0.05, 0) is 30.2 Å². The van der Waals surface area contributed by atoms with Crippen LogP contribution in [0.3, 0.4) is 0 Å². The highest BCUT2D eigenvalue weighted by Crippen LogP contribution is 2.40. The number of ether oxygens (including phenoxy) is 2. The standard InChI is InChI=1S/C15H17N5O3/c1-22-11-3-2-4-12-14(11)19(7-8-23-12)13(21)9-20-17-15(16-18-20)10-5-6-10/h2-4,10H,5-9H2,1H3. The van der Waals surface area contributed by atoms with Crippen LogP contribution in [-0.2, 0) is 11.3 Å². The average Bonchev–Trinajstić information content (AvgIpc) is 3.33. The van der Waals surface area contributed by atoms with Crippen LogP contribution in [0.15, 0.2) is 18.2 Å². The number of nitrogens with zero attached hydrogens (tertiary/aromatic N) is 5. The summed E-state index contributed by atoms with van der Waals surface area (Å²) in [6.07, 6.45) is 2.21. The van der Waals surface area contributed by atoms with Gasteiger partial charge in [0.25, 0.3) is 5.91 Å². The van der Waals surface area contributed by atoms with E-state index in [1.165, 1.54) is 4.80 Å². The van der Waals surface area contributed by atoms with E-state index in [1.807, 2.05) is 18.2 Å². The molecule has 4 rings (SSSR count). The molecule has 23 heavy (non-hydrogen) atoms. The quantitative estimate of drug-likeness (QED) is 0.836. The fraction of sp³-hybridized carbons (Fsp3) is 0.467. The van der Waals surface area contributed by atoms with Gasteiger partial charge in [0.15, 0.2) is 5.82 Å². The predicted octanol–water partition coefficient (Wildman–Crippen LogP) is 0.985. The summed E-state index contributed by atoms with van der Waals surface area (Å²) in [5, 5.41) is 12.3. The van der Waals surface area contributed by atoms with Crippen LogP contribution in [0.25, 0.3) is 0 Å². The van der Waals surface area contributed by atoms with Crippen LogP contribution in [0.4, 0.5) is 5.69 Å². The maximum Gasteiger partial charge on any atom is 0.250 e. The van der Waals surface area contributed by atoms with E-state index in [9.17, 15) is 4.79 Å². The lowest BCUT2D eigenvalue weighted by molar-refractivity contribution is -0.119. The third kappa shape index (κ3) is 2.60. The smallest absolute Gasteiger partial charge is 0.250 e. The number of hydrogen-bond acceptors (Lipinski definition) is 6. The molecule has 1 aromatic carbocycles. The van der Waals surface area contributed by atoms with Crippen molar-refractivity contribution < 1.29 is 14.3 Å². The zero-order chi connectivity index (χ0) is 15.8. The lowest BCUT2D eigenvalue weighted by Crippen LogP contribution is -2.40. The van der Waals surface area contributed by atoms with Gasteiger partial charge in [0, 0.05) is 5.92 Å². The molecule has 2 aromatic rings. The Morgan fingerprint density at radius 3 is 3.09 bits per heavy atom. The van der Waals surface area contributed by atoms with E-state index >= 15 is 0 Å². The van der Waals surface area contributed by atoms with Gasteiger partial charge in [-0.25, -0.2) is 0 Å². The highest BCUT2D eigenvalue weighted by Gasteiger charge is 2.30. The molecule has 0 atom stereocenters. The topological polar surface area (TPSA) is 82.4 Å². The number of fused-ring (bicyclic) bond motifs is 1. The molecule has 1 aliphatic carbocycles. The predicted molar refractivity (Wildman–Crippen MR) is 80.6 cm³/mol. The van der Waals surface area contributed by atoms with Gasteiger partial charge < -0.3 is 14.4 Å². The van der Waals surface area contributed by atoms with E-state index in [0.29, 0.717) is 36.3 Å². The molecule has 1 aliphatic heterocycles. The Hall–Kier alpha value is -2.64. The van der Waals surface area contributed by atoms with Gasteiger partial charge in [0.1, 0.15) is 30.3 Å². The van der Waals surface area contributed by atoms with E-state index in [4.69, 9.17) is 9.47 Å². The number of hydrogen-bond donors (Lipinski definition) is 0. The van der Waals surface area contributed by atoms with Gasteiger partial charge in [-0.15, -0.1) is 10.2 Å². The summed E-state index contributed by atoms with van der Waals surface area (Å²) in [6, 6.07) is 5.48. The van der Waals surface area contributed by atoms with Crippen molar-refractivity contribution in [1.29, 1.82) is 0 Å². The van der Waals surface area contributed by atoms with Gasteiger partial charge in [0.2, 0.25) is 0 Å². The first-order valence-corrected chi connectivity index (χ1v) is 7.64. The number of anilines is 1. The summed E-state index contributed by atoms with van der Waals surface area (Å²) in [7, 11) is 1.58. The molecule has 0 N–H and O–H groups in total. The van der Waals surface area contributed by atoms with Crippen molar-refractivity contribution in [3.8, 4) is 11.5 Å². The SMILES string of the molecule is COc1cccc2c1N(C(=O)Cn1nnc(C3CC3)n1)CCO2. The molecule has 1 saturated carbocycles. The third-order valence-electron chi connectivity index (χ3n) is 4.01. The maximum atomic E-state index is 12.7. The molecule has 1 amide bonds. The summed E-state index contributed by atoms with van der Waals surface area (Å²) in [6.45, 7) is 0.970. The van der Waals surface area contributed by atoms with Gasteiger partial charge in [-0.3, -0.25) is 4.79 Å². The first-order chi connectivity index (χ1) is 11.3. The molecule has 2 aliphatic rings. The van der Waals surface area contributed by atoms with E-state index in [1.54, 1.807) is 12.0 Å². The van der Waals surface area contributed by atoms with Gasteiger partial charge in [-0.2, -0.15) is 4.80 Å². The highest BCUT2D eigenvalue weighted by molar-refractivity contribution is 5.96. The molecule has 1 fully saturated rings. The van der Waals surface area contributed by atoms with Crippen LogP contribution in [-0.4, -0.2) is 46.4 Å². The first-order valence-electron chi connectivity index (χ1n) is 7.64. The summed E-state index contributed by atoms with van der Waals surface area (Å²) >= 11 is 0. The average molecular weight is 315 g/mol. The number of amides is 1. The van der Waals surface area contributed by atoms with Crippen molar-refractivity contribution in [2.75, 3.05) is 25.2 Å². The first kappa shape index (κ1) is 14.0. The fourth-order valence-corrected chi connectivity index (χ4v) is 2.69. The normalized spacial score (nSPS) is 16.7. The van der Waals surface area contributed by atoms with Crippen LogP contribution in [0, 0.1) is 0 Å². The second kappa shape index (κ2) is 5.53. The number of tetrazole rings is 1. The molecule has 2 heterocycles. The van der Waals surface area contributed by atoms with E-state index < -0.39 is 0 Å². The number of para-hydroxylation sites is 1. The summed E-state index contributed by atoms with van der Waals surface area (Å²) in [5.74, 6) is 2.30. The Balaban J connectivity index is 1.57. The Bertz CT molecular complexity index is 726. The molecule has 0 bridgehead atoms. The van der Waals surface area contributed by atoms with Crippen molar-refractivity contribution in [2.24, 2.45) is 0 Å². The minimum atomic E-state index is -0.112. The minimum absolute atomic E-state index is 0.0528. The van der Waals surface area contributed by atoms with Crippen molar-refractivity contribution in [3.05, 3.63) is 24.0 Å². The third-order valence-corrected chi connectivity index (χ3v) is 4.01. The van der Waals surface area contributed by atoms with Gasteiger partial charge in [0.05, 0.1) is 13.7 Å². The summed E-state index contributed by atoms with van der Waals surface area (Å²) < 4.78 is 11.0. The number of rotatable bonds is 4. The molecule has 8 heteroatoms. The van der Waals surface area contributed by atoms with Crippen LogP contribution in [0.2, 0.25) is 0 Å². The van der Waals surface area contributed by atoms with Crippen LogP contribution in [0.1, 0.15) is 24.6 Å². The zero-order valence-electron chi connectivity index (χ0n) is 12.8. The molecule has 0 unspecified atom stereocenters. The van der Waals surface area contributed by atoms with Crippen molar-refractivity contribution in [1.82, 2.24) is 20.2 Å². The van der Waals surface area contributed by atoms with E-state index in [2.05, 4.69) is 15.4 Å². The van der Waals surface area contributed by atoms with Gasteiger partial charge >= 0.3 is 0 Å². The van der Waals surface area contributed by atoms with E-state index in [0.717, 1.165) is 18.7 Å². The molecule has 0 spiro atoms. The lowest BCUT2D eigenvalue weighted by atomic mass is 10.2. The number of benzene rings is 1. The molecular weight excluding hydrogens is 298 g/mol. The Kier molecular flexibility index (Phi) is 3.36. The number of aromatic nitrogens is 4. The van der Waals surface area contributed by atoms with Crippen molar-refractivity contribution >= 4 is 11.6 Å². The largest absolute Gasteiger partial charge is 0.494 e. The van der Waals surface area contributed by atoms with Crippen molar-refractivity contribution in [3.63, 3.8) is 0 Å². The van der Waals surface area contributed by atoms with Crippen LogP contribution < -0.4 is 14.4 Å². The number of carbonyl (C=O) groups is 1. The highest BCUT2D eigenvalue weighted by atomic mass is 16.5. The Labute approximate surface area is 133 Å². The Morgan fingerprint density at radius 2 is 2.30 bits per heavy atom. The van der Waals surface area contributed by atoms with Crippen LogP contribution >= 0.6 is 0 Å². The fourth-order valence-electron chi connectivity index (χ4n) is 2.69. The molecule has 8 nitrogen and oxygen atoms in total. The summed E-state index contributed by atoms with van der Waals surface area (Å²) in [5.41, 5.74) is 0.661.